The van der Waals surface area contributed by atoms with Gasteiger partial charge in [-0.05, 0) is 62.4 Å². The second-order valence-corrected chi connectivity index (χ2v) is 8.70. The quantitative estimate of drug-likeness (QED) is 0.461. The molecule has 3 rings (SSSR count). The summed E-state index contributed by atoms with van der Waals surface area (Å²) >= 11 is 0. The second kappa shape index (κ2) is 8.59. The van der Waals surface area contributed by atoms with Gasteiger partial charge in [0.25, 0.3) is 0 Å². The highest BCUT2D eigenvalue weighted by molar-refractivity contribution is 6.03. The Balaban J connectivity index is 2.12. The molecule has 2 aromatic rings. The zero-order valence-electron chi connectivity index (χ0n) is 17.8. The normalized spacial score (nSPS) is 18.8. The standard InChI is InChI=1S/C23H27N5O2/c1-15-10-11-17-18(16-8-6-5-7-9-16)13-19(26-27-24)22(30)28(20(17)12-15)14-21(29)25-23(2,3)4/h5-12,18-19H,13-14H2,1-4H3,(H,25,29)/t18-,19-/m1/s1. The summed E-state index contributed by atoms with van der Waals surface area (Å²) in [7, 11) is 0. The Morgan fingerprint density at radius 3 is 2.57 bits per heavy atom. The SMILES string of the molecule is Cc1ccc2c(c1)N(CC(=O)NC(C)(C)C)C(=O)[C@H](N=[N+]=[N-])C[C@@H]2c1ccccc1. The van der Waals surface area contributed by atoms with E-state index >= 15 is 0 Å². The molecule has 1 N–H and O–H groups in total. The van der Waals surface area contributed by atoms with Crippen LogP contribution in [0.25, 0.3) is 10.4 Å². The first-order valence-corrected chi connectivity index (χ1v) is 10.0. The zero-order valence-corrected chi connectivity index (χ0v) is 17.8. The largest absolute Gasteiger partial charge is 0.350 e. The van der Waals surface area contributed by atoms with Gasteiger partial charge in [0.05, 0.1) is 0 Å². The van der Waals surface area contributed by atoms with E-state index in [2.05, 4.69) is 15.3 Å². The van der Waals surface area contributed by atoms with Crippen molar-refractivity contribution in [3.05, 3.63) is 75.7 Å². The molecule has 2 atom stereocenters. The lowest BCUT2D eigenvalue weighted by Gasteiger charge is -2.27. The maximum atomic E-state index is 13.4. The number of anilines is 1. The topological polar surface area (TPSA) is 98.2 Å². The van der Waals surface area contributed by atoms with Crippen LogP contribution in [0.5, 0.6) is 0 Å². The van der Waals surface area contributed by atoms with Gasteiger partial charge in [0.1, 0.15) is 12.6 Å². The molecule has 0 aromatic heterocycles. The van der Waals surface area contributed by atoms with E-state index in [4.69, 9.17) is 5.53 Å². The van der Waals surface area contributed by atoms with E-state index in [1.165, 1.54) is 4.90 Å². The minimum atomic E-state index is -0.893. The average Bonchev–Trinajstić information content (AvgIpc) is 2.78. The Hall–Kier alpha value is -3.31. The van der Waals surface area contributed by atoms with Gasteiger partial charge in [0, 0.05) is 22.1 Å². The fourth-order valence-electron chi connectivity index (χ4n) is 3.86. The predicted octanol–water partition coefficient (Wildman–Crippen LogP) is 4.46. The van der Waals surface area contributed by atoms with Crippen LogP contribution < -0.4 is 10.2 Å². The minimum absolute atomic E-state index is 0.128. The summed E-state index contributed by atoms with van der Waals surface area (Å²) in [6.45, 7) is 7.49. The molecule has 1 heterocycles. The number of hydrogen-bond donors (Lipinski definition) is 1. The fraction of sp³-hybridized carbons (Fsp3) is 0.391. The molecule has 0 aliphatic carbocycles. The molecule has 2 aromatic carbocycles. The van der Waals surface area contributed by atoms with E-state index in [0.29, 0.717) is 12.1 Å². The second-order valence-electron chi connectivity index (χ2n) is 8.70. The Morgan fingerprint density at radius 1 is 1.23 bits per heavy atom. The molecular weight excluding hydrogens is 378 g/mol. The minimum Gasteiger partial charge on any atom is -0.350 e. The highest BCUT2D eigenvalue weighted by Gasteiger charge is 2.36. The first kappa shape index (κ1) is 21.4. The van der Waals surface area contributed by atoms with Crippen molar-refractivity contribution in [2.75, 3.05) is 11.4 Å². The average molecular weight is 406 g/mol. The van der Waals surface area contributed by atoms with Crippen LogP contribution in [0.4, 0.5) is 5.69 Å². The van der Waals surface area contributed by atoms with E-state index < -0.39 is 11.6 Å². The molecule has 0 saturated carbocycles. The Labute approximate surface area is 176 Å². The van der Waals surface area contributed by atoms with E-state index in [1.54, 1.807) is 0 Å². The molecule has 0 radical (unpaired) electrons. The summed E-state index contributed by atoms with van der Waals surface area (Å²) in [6.07, 6.45) is 0.348. The maximum Gasteiger partial charge on any atom is 0.240 e. The van der Waals surface area contributed by atoms with Crippen molar-refractivity contribution in [1.82, 2.24) is 5.32 Å². The third-order valence-electron chi connectivity index (χ3n) is 5.07. The van der Waals surface area contributed by atoms with Crippen LogP contribution in [-0.4, -0.2) is 29.9 Å². The van der Waals surface area contributed by atoms with Gasteiger partial charge in [-0.1, -0.05) is 47.6 Å². The highest BCUT2D eigenvalue weighted by Crippen LogP contribution is 2.40. The number of benzene rings is 2. The van der Waals surface area contributed by atoms with E-state index in [-0.39, 0.29) is 24.3 Å². The van der Waals surface area contributed by atoms with Crippen LogP contribution in [0, 0.1) is 6.92 Å². The molecule has 0 unspecified atom stereocenters. The van der Waals surface area contributed by atoms with Gasteiger partial charge >= 0.3 is 0 Å². The van der Waals surface area contributed by atoms with Gasteiger partial charge in [-0.15, -0.1) is 0 Å². The summed E-state index contributed by atoms with van der Waals surface area (Å²) < 4.78 is 0. The van der Waals surface area contributed by atoms with Crippen LogP contribution >= 0.6 is 0 Å². The lowest BCUT2D eigenvalue weighted by molar-refractivity contribution is -0.125. The molecular formula is C23H27N5O2. The molecule has 1 aliphatic heterocycles. The third kappa shape index (κ3) is 4.81. The van der Waals surface area contributed by atoms with Gasteiger partial charge < -0.3 is 10.2 Å². The number of nitrogens with zero attached hydrogens (tertiary/aromatic N) is 4. The number of aryl methyl sites for hydroxylation is 1. The maximum absolute atomic E-state index is 13.4. The van der Waals surface area contributed by atoms with Gasteiger partial charge in [0.2, 0.25) is 11.8 Å². The Morgan fingerprint density at radius 2 is 1.93 bits per heavy atom. The molecule has 30 heavy (non-hydrogen) atoms. The molecule has 0 fully saturated rings. The third-order valence-corrected chi connectivity index (χ3v) is 5.07. The predicted molar refractivity (Wildman–Crippen MR) is 117 cm³/mol. The van der Waals surface area contributed by atoms with E-state index in [9.17, 15) is 9.59 Å². The van der Waals surface area contributed by atoms with Crippen LogP contribution in [0.15, 0.2) is 53.6 Å². The lowest BCUT2D eigenvalue weighted by Crippen LogP contribution is -2.49. The van der Waals surface area contributed by atoms with Gasteiger partial charge in [0.15, 0.2) is 0 Å². The molecule has 0 bridgehead atoms. The number of carbonyl (C=O) groups excluding carboxylic acids is 2. The molecule has 1 aliphatic rings. The molecule has 2 amide bonds. The zero-order chi connectivity index (χ0) is 21.9. The number of azide groups is 1. The molecule has 156 valence electrons. The number of amides is 2. The van der Waals surface area contributed by atoms with Crippen molar-refractivity contribution in [3.8, 4) is 0 Å². The molecule has 7 heteroatoms. The number of fused-ring (bicyclic) bond motifs is 1. The number of nitrogens with one attached hydrogen (secondary N) is 1. The first-order chi connectivity index (χ1) is 14.2. The summed E-state index contributed by atoms with van der Waals surface area (Å²) in [5, 5.41) is 6.70. The smallest absolute Gasteiger partial charge is 0.240 e. The number of hydrogen-bond acceptors (Lipinski definition) is 3. The lowest BCUT2D eigenvalue weighted by atomic mass is 9.86. The summed E-state index contributed by atoms with van der Waals surface area (Å²) in [5.74, 6) is -0.750. The van der Waals surface area contributed by atoms with Crippen molar-refractivity contribution in [3.63, 3.8) is 0 Å². The van der Waals surface area contributed by atoms with Crippen LogP contribution in [0.2, 0.25) is 0 Å². The summed E-state index contributed by atoms with van der Waals surface area (Å²) in [5.41, 5.74) is 12.3. The van der Waals surface area contributed by atoms with Crippen LogP contribution in [0.3, 0.4) is 0 Å². The molecule has 0 saturated heterocycles. The Bertz CT molecular complexity index is 990. The van der Waals surface area contributed by atoms with Gasteiger partial charge in [-0.3, -0.25) is 9.59 Å². The fourth-order valence-corrected chi connectivity index (χ4v) is 3.86. The summed E-state index contributed by atoms with van der Waals surface area (Å²) in [4.78, 5) is 30.4. The van der Waals surface area contributed by atoms with Crippen LogP contribution in [0.1, 0.15) is 49.8 Å². The number of carbonyl (C=O) groups is 2. The van der Waals surface area contributed by atoms with Gasteiger partial charge in [-0.25, -0.2) is 0 Å². The van der Waals surface area contributed by atoms with Crippen LogP contribution in [-0.2, 0) is 9.59 Å². The highest BCUT2D eigenvalue weighted by atomic mass is 16.2. The van der Waals surface area contributed by atoms with Crippen molar-refractivity contribution in [2.45, 2.75) is 51.6 Å². The molecule has 0 spiro atoms. The number of rotatable bonds is 4. The van der Waals surface area contributed by atoms with Crippen molar-refractivity contribution < 1.29 is 9.59 Å². The summed E-state index contributed by atoms with van der Waals surface area (Å²) in [6, 6.07) is 14.9. The van der Waals surface area contributed by atoms with Gasteiger partial charge in [-0.2, -0.15) is 0 Å². The first-order valence-electron chi connectivity index (χ1n) is 10.0. The van der Waals surface area contributed by atoms with E-state index in [1.807, 2.05) is 76.2 Å². The van der Waals surface area contributed by atoms with Crippen molar-refractivity contribution >= 4 is 17.5 Å². The molecule has 7 nitrogen and oxygen atoms in total. The Kier molecular flexibility index (Phi) is 6.13. The van der Waals surface area contributed by atoms with E-state index in [0.717, 1.165) is 16.7 Å². The van der Waals surface area contributed by atoms with Crippen molar-refractivity contribution in [1.29, 1.82) is 0 Å². The van der Waals surface area contributed by atoms with Crippen molar-refractivity contribution in [2.24, 2.45) is 5.11 Å². The monoisotopic (exact) mass is 405 g/mol.